The topological polar surface area (TPSA) is 48.8 Å². The highest BCUT2D eigenvalue weighted by atomic mass is 19.4. The number of piperidine rings is 1. The second-order valence-electron chi connectivity index (χ2n) is 7.55. The molecule has 4 rings (SSSR count). The molecule has 1 aromatic carbocycles. The third-order valence-corrected chi connectivity index (χ3v) is 5.87. The number of rotatable bonds is 3. The summed E-state index contributed by atoms with van der Waals surface area (Å²) in [6, 6.07) is 11.8. The Balaban J connectivity index is 1.61. The lowest BCUT2D eigenvalue weighted by atomic mass is 9.79. The predicted molar refractivity (Wildman–Crippen MR) is 103 cm³/mol. The maximum atomic E-state index is 12.9. The average Bonchev–Trinajstić information content (AvgIpc) is 2.75. The van der Waals surface area contributed by atoms with E-state index in [1.54, 1.807) is 0 Å². The van der Waals surface area contributed by atoms with Gasteiger partial charge in [-0.2, -0.15) is 13.2 Å². The molecule has 3 heterocycles. The summed E-state index contributed by atoms with van der Waals surface area (Å²) in [7, 11) is 0. The Labute approximate surface area is 167 Å². The minimum Gasteiger partial charge on any atom is -0.383 e. The zero-order valence-electron chi connectivity index (χ0n) is 16.0. The van der Waals surface area contributed by atoms with Gasteiger partial charge in [-0.15, -0.1) is 0 Å². The lowest BCUT2D eigenvalue weighted by molar-refractivity contribution is -0.137. The first-order chi connectivity index (χ1) is 13.9. The molecule has 2 atom stereocenters. The molecule has 0 aliphatic carbocycles. The summed E-state index contributed by atoms with van der Waals surface area (Å²) in [5.74, 6) is 0.492. The van der Waals surface area contributed by atoms with Gasteiger partial charge in [0, 0.05) is 32.4 Å². The van der Waals surface area contributed by atoms with E-state index in [1.807, 2.05) is 35.2 Å². The van der Waals surface area contributed by atoms with E-state index in [0.29, 0.717) is 51.6 Å². The Morgan fingerprint density at radius 1 is 1.03 bits per heavy atom. The second-order valence-corrected chi connectivity index (χ2v) is 7.55. The third-order valence-electron chi connectivity index (χ3n) is 5.87. The van der Waals surface area contributed by atoms with E-state index in [2.05, 4.69) is 9.88 Å². The van der Waals surface area contributed by atoms with Crippen molar-refractivity contribution in [2.75, 3.05) is 44.3 Å². The van der Waals surface area contributed by atoms with Crippen LogP contribution in [0.2, 0.25) is 0 Å². The zero-order chi connectivity index (χ0) is 20.5. The number of halogens is 3. The van der Waals surface area contributed by atoms with Crippen molar-refractivity contribution in [3.63, 3.8) is 0 Å². The molecule has 29 heavy (non-hydrogen) atoms. The standard InChI is InChI=1S/C21H24F3N3O2/c22-21(23,24)17-6-7-19(25-14-17)27-9-8-20(28,16-4-2-1-3-5-16)18(15-27)26-10-12-29-13-11-26/h1-7,14,18,28H,8-13,15H2/t18-,20+/m1/s1. The summed E-state index contributed by atoms with van der Waals surface area (Å²) in [6.45, 7) is 3.58. The van der Waals surface area contributed by atoms with E-state index in [4.69, 9.17) is 4.74 Å². The van der Waals surface area contributed by atoms with Crippen LogP contribution in [0.4, 0.5) is 19.0 Å². The molecule has 0 amide bonds. The molecule has 0 radical (unpaired) electrons. The quantitative estimate of drug-likeness (QED) is 0.848. The van der Waals surface area contributed by atoms with Gasteiger partial charge < -0.3 is 14.7 Å². The van der Waals surface area contributed by atoms with Gasteiger partial charge in [0.05, 0.1) is 24.8 Å². The number of morpholine rings is 1. The first-order valence-corrected chi connectivity index (χ1v) is 9.76. The fraction of sp³-hybridized carbons (Fsp3) is 0.476. The van der Waals surface area contributed by atoms with Gasteiger partial charge in [0.25, 0.3) is 0 Å². The highest BCUT2D eigenvalue weighted by Crippen LogP contribution is 2.38. The average molecular weight is 407 g/mol. The molecular weight excluding hydrogens is 383 g/mol. The number of alkyl halides is 3. The molecule has 156 valence electrons. The first kappa shape index (κ1) is 20.1. The smallest absolute Gasteiger partial charge is 0.383 e. The Bertz CT molecular complexity index is 810. The minimum absolute atomic E-state index is 0.216. The van der Waals surface area contributed by atoms with E-state index < -0.39 is 17.3 Å². The Morgan fingerprint density at radius 2 is 1.76 bits per heavy atom. The number of benzene rings is 1. The van der Waals surface area contributed by atoms with Crippen LogP contribution < -0.4 is 4.90 Å². The summed E-state index contributed by atoms with van der Waals surface area (Å²) in [5.41, 5.74) is -0.943. The Kier molecular flexibility index (Phi) is 5.50. The largest absolute Gasteiger partial charge is 0.417 e. The van der Waals surface area contributed by atoms with E-state index in [-0.39, 0.29) is 6.04 Å². The molecule has 2 saturated heterocycles. The molecule has 1 N–H and O–H groups in total. The van der Waals surface area contributed by atoms with Gasteiger partial charge in [0.2, 0.25) is 0 Å². The summed E-state index contributed by atoms with van der Waals surface area (Å²) in [6.07, 6.45) is -3.07. The number of aromatic nitrogens is 1. The fourth-order valence-electron chi connectivity index (χ4n) is 4.24. The number of hydrogen-bond donors (Lipinski definition) is 1. The van der Waals surface area contributed by atoms with Crippen molar-refractivity contribution in [3.8, 4) is 0 Å². The molecular formula is C21H24F3N3O2. The van der Waals surface area contributed by atoms with Gasteiger partial charge in [0.1, 0.15) is 11.4 Å². The van der Waals surface area contributed by atoms with Crippen molar-refractivity contribution >= 4 is 5.82 Å². The summed E-state index contributed by atoms with van der Waals surface area (Å²) in [4.78, 5) is 8.22. The van der Waals surface area contributed by atoms with Crippen molar-refractivity contribution in [3.05, 3.63) is 59.8 Å². The lowest BCUT2D eigenvalue weighted by Crippen LogP contribution is -2.62. The van der Waals surface area contributed by atoms with Crippen LogP contribution in [0.15, 0.2) is 48.7 Å². The summed E-state index contributed by atoms with van der Waals surface area (Å²) < 4.78 is 44.0. The van der Waals surface area contributed by atoms with E-state index in [1.165, 1.54) is 6.07 Å². The van der Waals surface area contributed by atoms with Crippen molar-refractivity contribution in [2.24, 2.45) is 0 Å². The van der Waals surface area contributed by atoms with Gasteiger partial charge in [0.15, 0.2) is 0 Å². The molecule has 2 fully saturated rings. The van der Waals surface area contributed by atoms with Crippen LogP contribution in [0.3, 0.4) is 0 Å². The van der Waals surface area contributed by atoms with E-state index in [9.17, 15) is 18.3 Å². The van der Waals surface area contributed by atoms with E-state index >= 15 is 0 Å². The summed E-state index contributed by atoms with van der Waals surface area (Å²) >= 11 is 0. The van der Waals surface area contributed by atoms with Crippen LogP contribution in [-0.2, 0) is 16.5 Å². The monoisotopic (exact) mass is 407 g/mol. The first-order valence-electron chi connectivity index (χ1n) is 9.76. The normalized spacial score (nSPS) is 26.5. The number of nitrogens with zero attached hydrogens (tertiary/aromatic N) is 3. The number of ether oxygens (including phenoxy) is 1. The maximum absolute atomic E-state index is 12.9. The number of anilines is 1. The number of aliphatic hydroxyl groups is 1. The second kappa shape index (κ2) is 7.93. The predicted octanol–water partition coefficient (Wildman–Crippen LogP) is 2.90. The SMILES string of the molecule is O[C@]1(c2ccccc2)CCN(c2ccc(C(F)(F)F)cn2)C[C@H]1N1CCOCC1. The van der Waals surface area contributed by atoms with Crippen LogP contribution in [-0.4, -0.2) is 60.4 Å². The Morgan fingerprint density at radius 3 is 2.38 bits per heavy atom. The van der Waals surface area contributed by atoms with Gasteiger partial charge in [-0.1, -0.05) is 30.3 Å². The lowest BCUT2D eigenvalue weighted by Gasteiger charge is -2.50. The molecule has 8 heteroatoms. The highest BCUT2D eigenvalue weighted by Gasteiger charge is 2.46. The van der Waals surface area contributed by atoms with Crippen molar-refractivity contribution in [1.29, 1.82) is 0 Å². The van der Waals surface area contributed by atoms with Crippen LogP contribution in [0.25, 0.3) is 0 Å². The van der Waals surface area contributed by atoms with Gasteiger partial charge in [-0.3, -0.25) is 4.90 Å². The van der Waals surface area contributed by atoms with Crippen LogP contribution in [0, 0.1) is 0 Å². The van der Waals surface area contributed by atoms with Crippen LogP contribution in [0.5, 0.6) is 0 Å². The Hall–Kier alpha value is -2.16. The minimum atomic E-state index is -4.41. The molecule has 0 bridgehead atoms. The fourth-order valence-corrected chi connectivity index (χ4v) is 4.24. The molecule has 1 aromatic heterocycles. The third kappa shape index (κ3) is 4.10. The van der Waals surface area contributed by atoms with Gasteiger partial charge >= 0.3 is 6.18 Å². The molecule has 2 aliphatic rings. The molecule has 2 aliphatic heterocycles. The van der Waals surface area contributed by atoms with Crippen LogP contribution >= 0.6 is 0 Å². The van der Waals surface area contributed by atoms with E-state index in [0.717, 1.165) is 17.8 Å². The molecule has 0 unspecified atom stereocenters. The number of hydrogen-bond acceptors (Lipinski definition) is 5. The molecule has 0 spiro atoms. The van der Waals surface area contributed by atoms with Gasteiger partial charge in [-0.05, 0) is 24.1 Å². The van der Waals surface area contributed by atoms with Crippen molar-refractivity contribution in [2.45, 2.75) is 24.2 Å². The van der Waals surface area contributed by atoms with Crippen molar-refractivity contribution in [1.82, 2.24) is 9.88 Å². The zero-order valence-corrected chi connectivity index (χ0v) is 16.0. The molecule has 2 aromatic rings. The molecule has 0 saturated carbocycles. The summed E-state index contributed by atoms with van der Waals surface area (Å²) in [5, 5.41) is 11.7. The van der Waals surface area contributed by atoms with Gasteiger partial charge in [-0.25, -0.2) is 4.98 Å². The number of pyridine rings is 1. The maximum Gasteiger partial charge on any atom is 0.417 e. The van der Waals surface area contributed by atoms with Crippen LogP contribution in [0.1, 0.15) is 17.5 Å². The van der Waals surface area contributed by atoms with Crippen molar-refractivity contribution < 1.29 is 23.0 Å². The highest BCUT2D eigenvalue weighted by molar-refractivity contribution is 5.42. The molecule has 5 nitrogen and oxygen atoms in total.